The molecule has 2 amide bonds. The SMILES string of the molecule is CCOc1cccc(N2C(=O)/C(=C\c3ccc(OC)cc3C)C(=O)NC2=S)c1. The van der Waals surface area contributed by atoms with Crippen LogP contribution < -0.4 is 19.7 Å². The van der Waals surface area contributed by atoms with Crippen LogP contribution in [0.5, 0.6) is 11.5 Å². The molecule has 0 spiro atoms. The summed E-state index contributed by atoms with van der Waals surface area (Å²) in [6.45, 7) is 4.26. The molecule has 0 bridgehead atoms. The van der Waals surface area contributed by atoms with Crippen molar-refractivity contribution in [2.75, 3.05) is 18.6 Å². The molecule has 1 saturated heterocycles. The predicted molar refractivity (Wildman–Crippen MR) is 112 cm³/mol. The average molecular weight is 396 g/mol. The Morgan fingerprint density at radius 2 is 1.93 bits per heavy atom. The van der Waals surface area contributed by atoms with Crippen LogP contribution in [-0.4, -0.2) is 30.6 Å². The minimum absolute atomic E-state index is 0.00341. The number of amides is 2. The zero-order chi connectivity index (χ0) is 20.3. The molecule has 0 unspecified atom stereocenters. The van der Waals surface area contributed by atoms with Gasteiger partial charge in [-0.3, -0.25) is 19.8 Å². The van der Waals surface area contributed by atoms with Crippen molar-refractivity contribution in [2.45, 2.75) is 13.8 Å². The largest absolute Gasteiger partial charge is 0.497 e. The van der Waals surface area contributed by atoms with E-state index in [0.29, 0.717) is 23.8 Å². The van der Waals surface area contributed by atoms with Crippen LogP contribution in [0.1, 0.15) is 18.1 Å². The first-order valence-electron chi connectivity index (χ1n) is 8.73. The lowest BCUT2D eigenvalue weighted by molar-refractivity contribution is -0.122. The van der Waals surface area contributed by atoms with Crippen molar-refractivity contribution < 1.29 is 19.1 Å². The normalized spacial score (nSPS) is 15.6. The number of benzene rings is 2. The molecule has 1 N–H and O–H groups in total. The van der Waals surface area contributed by atoms with Crippen molar-refractivity contribution in [3.05, 3.63) is 59.2 Å². The molecule has 0 atom stereocenters. The van der Waals surface area contributed by atoms with Gasteiger partial charge in [-0.15, -0.1) is 0 Å². The molecule has 144 valence electrons. The van der Waals surface area contributed by atoms with E-state index in [1.807, 2.05) is 19.9 Å². The van der Waals surface area contributed by atoms with Crippen LogP contribution in [0.3, 0.4) is 0 Å². The number of carbonyl (C=O) groups is 2. The predicted octanol–water partition coefficient (Wildman–Crippen LogP) is 3.23. The van der Waals surface area contributed by atoms with Gasteiger partial charge in [0, 0.05) is 6.07 Å². The second-order valence-corrected chi connectivity index (χ2v) is 6.50. The molecule has 2 aromatic carbocycles. The van der Waals surface area contributed by atoms with E-state index in [9.17, 15) is 9.59 Å². The quantitative estimate of drug-likeness (QED) is 0.477. The molecule has 0 aromatic heterocycles. The lowest BCUT2D eigenvalue weighted by Gasteiger charge is -2.29. The number of thiocarbonyl (C=S) groups is 1. The summed E-state index contributed by atoms with van der Waals surface area (Å²) < 4.78 is 10.7. The topological polar surface area (TPSA) is 67.9 Å². The van der Waals surface area contributed by atoms with E-state index < -0.39 is 11.8 Å². The fourth-order valence-corrected chi connectivity index (χ4v) is 3.14. The molecule has 1 fully saturated rings. The van der Waals surface area contributed by atoms with Gasteiger partial charge in [0.1, 0.15) is 17.1 Å². The van der Waals surface area contributed by atoms with Crippen molar-refractivity contribution in [3.63, 3.8) is 0 Å². The van der Waals surface area contributed by atoms with Crippen LogP contribution in [0.2, 0.25) is 0 Å². The van der Waals surface area contributed by atoms with Crippen LogP contribution in [0.15, 0.2) is 48.0 Å². The second-order valence-electron chi connectivity index (χ2n) is 6.11. The minimum Gasteiger partial charge on any atom is -0.497 e. The minimum atomic E-state index is -0.526. The molecule has 0 radical (unpaired) electrons. The lowest BCUT2D eigenvalue weighted by atomic mass is 10.0. The Kier molecular flexibility index (Phi) is 5.75. The number of aryl methyl sites for hydroxylation is 1. The summed E-state index contributed by atoms with van der Waals surface area (Å²) in [5.41, 5.74) is 2.16. The van der Waals surface area contributed by atoms with Gasteiger partial charge in [0.05, 0.1) is 19.4 Å². The lowest BCUT2D eigenvalue weighted by Crippen LogP contribution is -2.54. The average Bonchev–Trinajstić information content (AvgIpc) is 2.66. The molecule has 6 nitrogen and oxygen atoms in total. The van der Waals surface area contributed by atoms with Gasteiger partial charge in [0.25, 0.3) is 11.8 Å². The number of ether oxygens (including phenoxy) is 2. The van der Waals surface area contributed by atoms with Crippen molar-refractivity contribution in [3.8, 4) is 11.5 Å². The van der Waals surface area contributed by atoms with Gasteiger partial charge in [0.15, 0.2) is 5.11 Å². The smallest absolute Gasteiger partial charge is 0.270 e. The maximum Gasteiger partial charge on any atom is 0.270 e. The highest BCUT2D eigenvalue weighted by atomic mass is 32.1. The summed E-state index contributed by atoms with van der Waals surface area (Å²) in [6.07, 6.45) is 1.56. The highest BCUT2D eigenvalue weighted by molar-refractivity contribution is 7.80. The number of hydrogen-bond donors (Lipinski definition) is 1. The van der Waals surface area contributed by atoms with Gasteiger partial charge in [-0.25, -0.2) is 0 Å². The molecular weight excluding hydrogens is 376 g/mol. The maximum atomic E-state index is 13.1. The number of hydrogen-bond acceptors (Lipinski definition) is 5. The Balaban J connectivity index is 1.99. The van der Waals surface area contributed by atoms with Crippen LogP contribution in [0, 0.1) is 6.92 Å². The summed E-state index contributed by atoms with van der Waals surface area (Å²) >= 11 is 5.24. The van der Waals surface area contributed by atoms with Crippen LogP contribution >= 0.6 is 12.2 Å². The highest BCUT2D eigenvalue weighted by Gasteiger charge is 2.34. The molecule has 1 aliphatic rings. The first kappa shape index (κ1) is 19.6. The van der Waals surface area contributed by atoms with Gasteiger partial charge >= 0.3 is 0 Å². The summed E-state index contributed by atoms with van der Waals surface area (Å²) in [5.74, 6) is 0.304. The van der Waals surface area contributed by atoms with Gasteiger partial charge in [-0.2, -0.15) is 0 Å². The van der Waals surface area contributed by atoms with Crippen LogP contribution in [0.25, 0.3) is 6.08 Å². The molecule has 1 heterocycles. The maximum absolute atomic E-state index is 13.1. The first-order chi connectivity index (χ1) is 13.4. The van der Waals surface area contributed by atoms with E-state index in [1.54, 1.807) is 49.6 Å². The van der Waals surface area contributed by atoms with Crippen LogP contribution in [-0.2, 0) is 9.59 Å². The number of methoxy groups -OCH3 is 1. The third kappa shape index (κ3) is 3.89. The number of carbonyl (C=O) groups excluding carboxylic acids is 2. The Bertz CT molecular complexity index is 984. The number of nitrogens with zero attached hydrogens (tertiary/aromatic N) is 1. The van der Waals surface area contributed by atoms with E-state index in [4.69, 9.17) is 21.7 Å². The standard InChI is InChI=1S/C21H20N2O4S/c1-4-27-17-7-5-6-15(12-17)23-20(25)18(19(24)22-21(23)28)11-14-8-9-16(26-3)10-13(14)2/h5-12H,4H2,1-3H3,(H,22,24,28)/b18-11-. The summed E-state index contributed by atoms with van der Waals surface area (Å²) in [5, 5.41) is 2.62. The molecule has 7 heteroatoms. The fraction of sp³-hybridized carbons (Fsp3) is 0.190. The summed E-state index contributed by atoms with van der Waals surface area (Å²) in [4.78, 5) is 26.8. The third-order valence-corrected chi connectivity index (χ3v) is 4.55. The van der Waals surface area contributed by atoms with Crippen molar-refractivity contribution in [1.82, 2.24) is 5.32 Å². The Morgan fingerprint density at radius 3 is 2.61 bits per heavy atom. The number of nitrogens with one attached hydrogen (secondary N) is 1. The summed E-state index contributed by atoms with van der Waals surface area (Å²) in [7, 11) is 1.58. The second kappa shape index (κ2) is 8.22. The van der Waals surface area contributed by atoms with Gasteiger partial charge in [0.2, 0.25) is 0 Å². The van der Waals surface area contributed by atoms with E-state index >= 15 is 0 Å². The van der Waals surface area contributed by atoms with Crippen molar-refractivity contribution in [2.24, 2.45) is 0 Å². The number of anilines is 1. The van der Waals surface area contributed by atoms with Crippen molar-refractivity contribution >= 4 is 40.9 Å². The summed E-state index contributed by atoms with van der Waals surface area (Å²) in [6, 6.07) is 12.4. The molecular formula is C21H20N2O4S. The molecule has 0 aliphatic carbocycles. The highest BCUT2D eigenvalue weighted by Crippen LogP contribution is 2.26. The van der Waals surface area contributed by atoms with E-state index in [1.165, 1.54) is 4.90 Å². The van der Waals surface area contributed by atoms with Crippen LogP contribution in [0.4, 0.5) is 5.69 Å². The third-order valence-electron chi connectivity index (χ3n) is 4.27. The molecule has 2 aromatic rings. The Labute approximate surface area is 168 Å². The first-order valence-corrected chi connectivity index (χ1v) is 9.14. The fourth-order valence-electron chi connectivity index (χ4n) is 2.86. The molecule has 28 heavy (non-hydrogen) atoms. The zero-order valence-corrected chi connectivity index (χ0v) is 16.6. The van der Waals surface area contributed by atoms with E-state index in [0.717, 1.165) is 11.1 Å². The zero-order valence-electron chi connectivity index (χ0n) is 15.8. The Hall–Kier alpha value is -3.19. The van der Waals surface area contributed by atoms with Gasteiger partial charge in [-0.1, -0.05) is 12.1 Å². The Morgan fingerprint density at radius 1 is 1.14 bits per heavy atom. The van der Waals surface area contributed by atoms with E-state index in [-0.39, 0.29) is 10.7 Å². The van der Waals surface area contributed by atoms with E-state index in [2.05, 4.69) is 5.32 Å². The monoisotopic (exact) mass is 396 g/mol. The molecule has 1 aliphatic heterocycles. The van der Waals surface area contributed by atoms with Gasteiger partial charge in [-0.05, 0) is 67.5 Å². The van der Waals surface area contributed by atoms with Crippen molar-refractivity contribution in [1.29, 1.82) is 0 Å². The molecule has 0 saturated carbocycles. The molecule has 3 rings (SSSR count). The number of rotatable bonds is 5. The van der Waals surface area contributed by atoms with Gasteiger partial charge < -0.3 is 9.47 Å².